The molecule has 32 heavy (non-hydrogen) atoms. The van der Waals surface area contributed by atoms with Gasteiger partial charge in [-0.1, -0.05) is 13.8 Å². The second-order valence-electron chi connectivity index (χ2n) is 9.60. The molecule has 0 unspecified atom stereocenters. The zero-order valence-electron chi connectivity index (χ0n) is 19.3. The molecule has 0 spiro atoms. The smallest absolute Gasteiger partial charge is 0.407 e. The van der Waals surface area contributed by atoms with Crippen molar-refractivity contribution in [2.24, 2.45) is 0 Å². The molecule has 1 saturated carbocycles. The minimum Gasteiger partial charge on any atom is -0.444 e. The topological polar surface area (TPSA) is 106 Å². The van der Waals surface area contributed by atoms with Crippen molar-refractivity contribution >= 4 is 17.7 Å². The van der Waals surface area contributed by atoms with Crippen molar-refractivity contribution in [1.29, 1.82) is 0 Å². The zero-order chi connectivity index (χ0) is 22.9. The van der Waals surface area contributed by atoms with E-state index in [4.69, 9.17) is 9.72 Å². The van der Waals surface area contributed by atoms with Gasteiger partial charge < -0.3 is 15.4 Å². The van der Waals surface area contributed by atoms with E-state index >= 15 is 0 Å². The van der Waals surface area contributed by atoms with Crippen LogP contribution in [-0.4, -0.2) is 48.3 Å². The van der Waals surface area contributed by atoms with Gasteiger partial charge in [-0.05, 0) is 58.1 Å². The normalized spacial score (nSPS) is 18.8. The Bertz CT molecular complexity index is 1100. The minimum absolute atomic E-state index is 0.0749. The van der Waals surface area contributed by atoms with Crippen LogP contribution in [0.2, 0.25) is 0 Å². The molecule has 1 aliphatic carbocycles. The van der Waals surface area contributed by atoms with E-state index in [9.17, 15) is 4.79 Å². The quantitative estimate of drug-likeness (QED) is 0.617. The Morgan fingerprint density at radius 2 is 1.91 bits per heavy atom. The average molecular weight is 438 g/mol. The van der Waals surface area contributed by atoms with E-state index in [1.807, 2.05) is 45.3 Å². The number of ether oxygens (including phenoxy) is 1. The number of hydrogen-bond acceptors (Lipinski definition) is 7. The molecule has 0 aliphatic heterocycles. The van der Waals surface area contributed by atoms with Gasteiger partial charge in [0.2, 0.25) is 5.95 Å². The Hall–Kier alpha value is -3.23. The minimum atomic E-state index is -0.501. The Balaban J connectivity index is 1.42. The molecule has 1 aliphatic rings. The second kappa shape index (κ2) is 8.72. The van der Waals surface area contributed by atoms with Crippen molar-refractivity contribution in [1.82, 2.24) is 29.9 Å². The van der Waals surface area contributed by atoms with Gasteiger partial charge >= 0.3 is 6.09 Å². The zero-order valence-corrected chi connectivity index (χ0v) is 19.3. The van der Waals surface area contributed by atoms with Gasteiger partial charge in [-0.15, -0.1) is 0 Å². The van der Waals surface area contributed by atoms with E-state index in [-0.39, 0.29) is 18.2 Å². The molecule has 9 nitrogen and oxygen atoms in total. The van der Waals surface area contributed by atoms with Gasteiger partial charge in [0.1, 0.15) is 5.60 Å². The van der Waals surface area contributed by atoms with Crippen molar-refractivity contribution in [3.63, 3.8) is 0 Å². The fourth-order valence-corrected chi connectivity index (χ4v) is 3.91. The molecule has 4 rings (SSSR count). The van der Waals surface area contributed by atoms with Crippen LogP contribution < -0.4 is 10.6 Å². The van der Waals surface area contributed by atoms with Crippen LogP contribution in [0.5, 0.6) is 0 Å². The third kappa shape index (κ3) is 5.15. The Morgan fingerprint density at radius 1 is 1.16 bits per heavy atom. The van der Waals surface area contributed by atoms with Gasteiger partial charge in [0.15, 0.2) is 5.65 Å². The molecule has 0 saturated heterocycles. The lowest BCUT2D eigenvalue weighted by molar-refractivity contribution is 0.0505. The average Bonchev–Trinajstić information content (AvgIpc) is 3.32. The first-order valence-electron chi connectivity index (χ1n) is 11.1. The van der Waals surface area contributed by atoms with Gasteiger partial charge in [0.25, 0.3) is 0 Å². The molecule has 0 bridgehead atoms. The molecule has 2 atom stereocenters. The van der Waals surface area contributed by atoms with Crippen LogP contribution in [0.3, 0.4) is 0 Å². The number of carbonyl (C=O) groups excluding carboxylic acids is 1. The van der Waals surface area contributed by atoms with Crippen LogP contribution in [0.1, 0.15) is 65.4 Å². The van der Waals surface area contributed by atoms with E-state index in [1.165, 1.54) is 0 Å². The maximum atomic E-state index is 12.0. The lowest BCUT2D eigenvalue weighted by Gasteiger charge is -2.21. The third-order valence-corrected chi connectivity index (χ3v) is 5.42. The van der Waals surface area contributed by atoms with Crippen LogP contribution in [0.15, 0.2) is 30.7 Å². The number of alkyl carbamates (subject to hydrolysis) is 1. The third-order valence-electron chi connectivity index (χ3n) is 5.42. The van der Waals surface area contributed by atoms with Crippen molar-refractivity contribution in [2.45, 2.75) is 77.5 Å². The van der Waals surface area contributed by atoms with Gasteiger partial charge in [-0.2, -0.15) is 5.10 Å². The second-order valence-corrected chi connectivity index (χ2v) is 9.60. The molecule has 1 amide bonds. The Labute approximate surface area is 188 Å². The molecule has 3 heterocycles. The number of aromatic nitrogens is 5. The highest BCUT2D eigenvalue weighted by Crippen LogP contribution is 2.25. The highest BCUT2D eigenvalue weighted by Gasteiger charge is 2.28. The van der Waals surface area contributed by atoms with Crippen LogP contribution in [0, 0.1) is 0 Å². The lowest BCUT2D eigenvalue weighted by atomic mass is 10.1. The van der Waals surface area contributed by atoms with E-state index in [0.717, 1.165) is 41.9 Å². The summed E-state index contributed by atoms with van der Waals surface area (Å²) < 4.78 is 7.14. The molecule has 0 radical (unpaired) electrons. The maximum absolute atomic E-state index is 12.0. The predicted octanol–water partition coefficient (Wildman–Crippen LogP) is 4.17. The summed E-state index contributed by atoms with van der Waals surface area (Å²) >= 11 is 0. The van der Waals surface area contributed by atoms with Crippen LogP contribution in [0.25, 0.3) is 17.0 Å². The molecule has 3 aromatic heterocycles. The SMILES string of the molecule is CC(C)c1cnn2ccc(-c3ccnc(N[C@H]4CC[C@H](NC(=O)OC(C)(C)C)C4)n3)nc12. The van der Waals surface area contributed by atoms with E-state index in [1.54, 1.807) is 10.7 Å². The molecule has 1 fully saturated rings. The van der Waals surface area contributed by atoms with Crippen LogP contribution in [-0.2, 0) is 4.74 Å². The summed E-state index contributed by atoms with van der Waals surface area (Å²) in [6, 6.07) is 4.03. The maximum Gasteiger partial charge on any atom is 0.407 e. The summed E-state index contributed by atoms with van der Waals surface area (Å²) in [7, 11) is 0. The highest BCUT2D eigenvalue weighted by atomic mass is 16.6. The van der Waals surface area contributed by atoms with E-state index in [0.29, 0.717) is 11.9 Å². The molecular formula is C23H31N7O2. The standard InChI is InChI=1S/C23H31N7O2/c1-14(2)17-13-25-30-11-9-19(28-20(17)30)18-8-10-24-21(29-18)26-15-6-7-16(12-15)27-22(31)32-23(3,4)5/h8-11,13-16H,6-7,12H2,1-5H3,(H,27,31)(H,24,26,29)/t15-,16-/m0/s1. The number of rotatable bonds is 5. The number of carbonyl (C=O) groups is 1. The first-order valence-corrected chi connectivity index (χ1v) is 11.1. The number of fused-ring (bicyclic) bond motifs is 1. The van der Waals surface area contributed by atoms with Crippen molar-refractivity contribution < 1.29 is 9.53 Å². The van der Waals surface area contributed by atoms with E-state index in [2.05, 4.69) is 39.5 Å². The molecule has 0 aromatic carbocycles. The summed E-state index contributed by atoms with van der Waals surface area (Å²) in [4.78, 5) is 25.9. The lowest BCUT2D eigenvalue weighted by Crippen LogP contribution is -2.38. The predicted molar refractivity (Wildman–Crippen MR) is 123 cm³/mol. The van der Waals surface area contributed by atoms with Gasteiger partial charge in [-0.3, -0.25) is 0 Å². The summed E-state index contributed by atoms with van der Waals surface area (Å²) in [5, 5.41) is 10.7. The van der Waals surface area contributed by atoms with Crippen molar-refractivity contribution in [3.05, 3.63) is 36.3 Å². The van der Waals surface area contributed by atoms with Gasteiger partial charge in [0.05, 0.1) is 17.6 Å². The fraction of sp³-hybridized carbons (Fsp3) is 0.522. The fourth-order valence-electron chi connectivity index (χ4n) is 3.91. The molecule has 2 N–H and O–H groups in total. The number of nitrogens with one attached hydrogen (secondary N) is 2. The van der Waals surface area contributed by atoms with Crippen molar-refractivity contribution in [3.8, 4) is 11.4 Å². The summed E-state index contributed by atoms with van der Waals surface area (Å²) in [5.41, 5.74) is 2.98. The van der Waals surface area contributed by atoms with Crippen molar-refractivity contribution in [2.75, 3.05) is 5.32 Å². The summed E-state index contributed by atoms with van der Waals surface area (Å²) in [6.45, 7) is 9.84. The Kier molecular flexibility index (Phi) is 5.99. The molecule has 3 aromatic rings. The van der Waals surface area contributed by atoms with Gasteiger partial charge in [-0.25, -0.2) is 24.3 Å². The van der Waals surface area contributed by atoms with Gasteiger partial charge in [0, 0.05) is 30.0 Å². The number of nitrogens with zero attached hydrogens (tertiary/aromatic N) is 5. The largest absolute Gasteiger partial charge is 0.444 e. The highest BCUT2D eigenvalue weighted by molar-refractivity contribution is 5.68. The number of anilines is 1. The van der Waals surface area contributed by atoms with Crippen LogP contribution >= 0.6 is 0 Å². The summed E-state index contributed by atoms with van der Waals surface area (Å²) in [6.07, 6.45) is 7.74. The summed E-state index contributed by atoms with van der Waals surface area (Å²) in [5.74, 6) is 0.896. The number of amides is 1. The monoisotopic (exact) mass is 437 g/mol. The number of hydrogen-bond donors (Lipinski definition) is 2. The molecule has 170 valence electrons. The van der Waals surface area contributed by atoms with E-state index < -0.39 is 5.60 Å². The first-order chi connectivity index (χ1) is 15.2. The molecular weight excluding hydrogens is 406 g/mol. The molecule has 9 heteroatoms. The Morgan fingerprint density at radius 3 is 2.66 bits per heavy atom. The first kappa shape index (κ1) is 22.0. The van der Waals surface area contributed by atoms with Crippen LogP contribution in [0.4, 0.5) is 10.7 Å².